The first kappa shape index (κ1) is 20.3. The SMILES string of the molecule is OCC(O)C1O[C@H](O)C(O[C@H]2CC(O)CC(O)[C@H](O)C(CO)O2)=C1O. The molecule has 11 heteroatoms. The average molecular weight is 368 g/mol. The highest BCUT2D eigenvalue weighted by molar-refractivity contribution is 5.15. The molecule has 1 fully saturated rings. The summed E-state index contributed by atoms with van der Waals surface area (Å²) in [6, 6.07) is 0. The fraction of sp³-hybridized carbons (Fsp3) is 0.857. The van der Waals surface area contributed by atoms with Gasteiger partial charge in [-0.15, -0.1) is 0 Å². The van der Waals surface area contributed by atoms with Gasteiger partial charge in [0.15, 0.2) is 11.5 Å². The van der Waals surface area contributed by atoms with Crippen LogP contribution in [0.4, 0.5) is 0 Å². The van der Waals surface area contributed by atoms with Crippen LogP contribution in [0.2, 0.25) is 0 Å². The number of ether oxygens (including phenoxy) is 3. The third-order valence-corrected chi connectivity index (χ3v) is 4.08. The van der Waals surface area contributed by atoms with Crippen molar-refractivity contribution in [1.29, 1.82) is 0 Å². The molecule has 11 nitrogen and oxygen atoms in total. The molecule has 0 saturated carbocycles. The van der Waals surface area contributed by atoms with Gasteiger partial charge in [-0.2, -0.15) is 0 Å². The topological polar surface area (TPSA) is 190 Å². The Morgan fingerprint density at radius 3 is 2.36 bits per heavy atom. The van der Waals surface area contributed by atoms with Gasteiger partial charge in [-0.1, -0.05) is 0 Å². The van der Waals surface area contributed by atoms with Gasteiger partial charge in [0.05, 0.1) is 25.4 Å². The zero-order valence-corrected chi connectivity index (χ0v) is 13.2. The highest BCUT2D eigenvalue weighted by Gasteiger charge is 2.42. The molecule has 0 bridgehead atoms. The molecule has 0 aromatic heterocycles. The van der Waals surface area contributed by atoms with Crippen molar-refractivity contribution in [2.45, 2.75) is 62.0 Å². The second-order valence-corrected chi connectivity index (χ2v) is 6.00. The van der Waals surface area contributed by atoms with Gasteiger partial charge in [-0.25, -0.2) is 0 Å². The number of hydrogen-bond donors (Lipinski definition) is 8. The number of aliphatic hydroxyl groups is 8. The molecule has 2 aliphatic rings. The summed E-state index contributed by atoms with van der Waals surface area (Å²) in [6.07, 6.45) is -11.5. The first-order valence-electron chi connectivity index (χ1n) is 7.81. The van der Waals surface area contributed by atoms with E-state index in [1.54, 1.807) is 0 Å². The predicted molar refractivity (Wildman–Crippen MR) is 77.7 cm³/mol. The average Bonchev–Trinajstić information content (AvgIpc) is 2.85. The Bertz CT molecular complexity index is 470. The van der Waals surface area contributed by atoms with Crippen molar-refractivity contribution in [3.63, 3.8) is 0 Å². The van der Waals surface area contributed by atoms with E-state index >= 15 is 0 Å². The molecular formula is C14H24O11. The lowest BCUT2D eigenvalue weighted by Gasteiger charge is -2.34. The number of aliphatic hydroxyl groups excluding tert-OH is 8. The monoisotopic (exact) mass is 368 g/mol. The maximum absolute atomic E-state index is 10.0. The van der Waals surface area contributed by atoms with Crippen molar-refractivity contribution in [2.75, 3.05) is 13.2 Å². The molecule has 0 aromatic rings. The van der Waals surface area contributed by atoms with Crippen LogP contribution in [0.15, 0.2) is 11.5 Å². The molecule has 0 amide bonds. The van der Waals surface area contributed by atoms with Gasteiger partial charge in [0.2, 0.25) is 12.6 Å². The smallest absolute Gasteiger partial charge is 0.218 e. The van der Waals surface area contributed by atoms with Crippen molar-refractivity contribution >= 4 is 0 Å². The first-order valence-corrected chi connectivity index (χ1v) is 7.81. The van der Waals surface area contributed by atoms with Gasteiger partial charge in [0.1, 0.15) is 24.4 Å². The molecule has 0 spiro atoms. The molecule has 2 rings (SSSR count). The van der Waals surface area contributed by atoms with Crippen LogP contribution in [0.25, 0.3) is 0 Å². The minimum Gasteiger partial charge on any atom is -0.506 e. The number of rotatable bonds is 5. The highest BCUT2D eigenvalue weighted by atomic mass is 16.7. The van der Waals surface area contributed by atoms with Crippen molar-refractivity contribution in [2.24, 2.45) is 0 Å². The van der Waals surface area contributed by atoms with Crippen LogP contribution >= 0.6 is 0 Å². The van der Waals surface area contributed by atoms with E-state index in [9.17, 15) is 35.7 Å². The Balaban J connectivity index is 2.14. The molecule has 146 valence electrons. The molecule has 0 aromatic carbocycles. The lowest BCUT2D eigenvalue weighted by Crippen LogP contribution is -2.48. The van der Waals surface area contributed by atoms with Gasteiger partial charge in [-0.3, -0.25) is 0 Å². The summed E-state index contributed by atoms with van der Waals surface area (Å²) >= 11 is 0. The van der Waals surface area contributed by atoms with Crippen LogP contribution in [0.1, 0.15) is 12.8 Å². The van der Waals surface area contributed by atoms with Gasteiger partial charge >= 0.3 is 0 Å². The Kier molecular flexibility index (Phi) is 6.96. The molecule has 8 N–H and O–H groups in total. The van der Waals surface area contributed by atoms with Gasteiger partial charge in [0.25, 0.3) is 0 Å². The van der Waals surface area contributed by atoms with E-state index in [2.05, 4.69) is 0 Å². The third-order valence-electron chi connectivity index (χ3n) is 4.08. The maximum atomic E-state index is 10.0. The molecular weight excluding hydrogens is 344 g/mol. The fourth-order valence-electron chi connectivity index (χ4n) is 2.70. The van der Waals surface area contributed by atoms with E-state index < -0.39 is 73.9 Å². The van der Waals surface area contributed by atoms with E-state index in [1.807, 2.05) is 0 Å². The first-order chi connectivity index (χ1) is 11.8. The Morgan fingerprint density at radius 1 is 1.08 bits per heavy atom. The second-order valence-electron chi connectivity index (χ2n) is 6.00. The summed E-state index contributed by atoms with van der Waals surface area (Å²) in [5.41, 5.74) is 0. The summed E-state index contributed by atoms with van der Waals surface area (Å²) in [5.74, 6) is -1.14. The molecule has 5 unspecified atom stereocenters. The zero-order valence-electron chi connectivity index (χ0n) is 13.2. The van der Waals surface area contributed by atoms with Gasteiger partial charge < -0.3 is 55.1 Å². The molecule has 1 saturated heterocycles. The molecule has 8 atom stereocenters. The van der Waals surface area contributed by atoms with E-state index in [-0.39, 0.29) is 12.8 Å². The van der Waals surface area contributed by atoms with Gasteiger partial charge in [-0.05, 0) is 0 Å². The Labute approximate surface area is 142 Å². The van der Waals surface area contributed by atoms with E-state index in [4.69, 9.17) is 19.3 Å². The number of hydrogen-bond acceptors (Lipinski definition) is 11. The normalized spacial score (nSPS) is 41.3. The lowest BCUT2D eigenvalue weighted by atomic mass is 9.99. The maximum Gasteiger partial charge on any atom is 0.218 e. The van der Waals surface area contributed by atoms with Crippen molar-refractivity contribution in [3.05, 3.63) is 11.5 Å². The van der Waals surface area contributed by atoms with Crippen LogP contribution in [0.3, 0.4) is 0 Å². The quantitative estimate of drug-likeness (QED) is 0.239. The van der Waals surface area contributed by atoms with Crippen molar-refractivity contribution in [1.82, 2.24) is 0 Å². The van der Waals surface area contributed by atoms with E-state index in [0.717, 1.165) is 0 Å². The molecule has 25 heavy (non-hydrogen) atoms. The van der Waals surface area contributed by atoms with Crippen molar-refractivity contribution < 1.29 is 55.1 Å². The summed E-state index contributed by atoms with van der Waals surface area (Å²) in [4.78, 5) is 0. The van der Waals surface area contributed by atoms with Crippen LogP contribution in [-0.2, 0) is 14.2 Å². The van der Waals surface area contributed by atoms with Gasteiger partial charge in [0, 0.05) is 12.8 Å². The minimum absolute atomic E-state index is 0.197. The standard InChI is InChI=1S/C14H24O11/c15-3-7(19)12-11(21)13(14(22)25-12)24-9-2-5(17)1-6(18)10(20)8(4-16)23-9/h5-10,12,14-22H,1-4H2/t5?,6?,7?,8?,9-,10-,12?,14-/m0/s1. The van der Waals surface area contributed by atoms with Crippen LogP contribution < -0.4 is 0 Å². The largest absolute Gasteiger partial charge is 0.506 e. The predicted octanol–water partition coefficient (Wildman–Crippen LogP) is -3.58. The molecule has 0 aliphatic carbocycles. The Hall–Kier alpha value is -1.02. The molecule has 2 heterocycles. The molecule has 0 radical (unpaired) electrons. The third kappa shape index (κ3) is 4.58. The van der Waals surface area contributed by atoms with E-state index in [0.29, 0.717) is 0 Å². The Morgan fingerprint density at radius 2 is 1.76 bits per heavy atom. The van der Waals surface area contributed by atoms with Crippen LogP contribution in [0, 0.1) is 0 Å². The van der Waals surface area contributed by atoms with Crippen molar-refractivity contribution in [3.8, 4) is 0 Å². The van der Waals surface area contributed by atoms with Crippen LogP contribution in [0.5, 0.6) is 0 Å². The lowest BCUT2D eigenvalue weighted by molar-refractivity contribution is -0.233. The minimum atomic E-state index is -1.75. The van der Waals surface area contributed by atoms with E-state index in [1.165, 1.54) is 0 Å². The molecule has 2 aliphatic heterocycles. The highest BCUT2D eigenvalue weighted by Crippen LogP contribution is 2.30. The zero-order chi connectivity index (χ0) is 18.7. The second kappa shape index (κ2) is 8.58. The fourth-order valence-corrected chi connectivity index (χ4v) is 2.70. The summed E-state index contributed by atoms with van der Waals surface area (Å²) in [7, 11) is 0. The summed E-state index contributed by atoms with van der Waals surface area (Å²) in [5, 5.41) is 77.0. The van der Waals surface area contributed by atoms with Crippen LogP contribution in [-0.4, -0.2) is 103 Å². The summed E-state index contributed by atoms with van der Waals surface area (Å²) < 4.78 is 15.5. The summed E-state index contributed by atoms with van der Waals surface area (Å²) in [6.45, 7) is -1.38.